The van der Waals surface area contributed by atoms with Crippen LogP contribution in [-0.2, 0) is 15.8 Å². The number of rotatable bonds is 3. The van der Waals surface area contributed by atoms with E-state index in [1.165, 1.54) is 0 Å². The zero-order chi connectivity index (χ0) is 8.69. The highest BCUT2D eigenvalue weighted by Crippen LogP contribution is 1.81. The van der Waals surface area contributed by atoms with Crippen molar-refractivity contribution in [3.63, 3.8) is 0 Å². The summed E-state index contributed by atoms with van der Waals surface area (Å²) in [5.41, 5.74) is 0. The molecule has 0 aromatic heterocycles. The van der Waals surface area contributed by atoms with Crippen LogP contribution in [0.4, 0.5) is 4.79 Å². The van der Waals surface area contributed by atoms with E-state index in [1.54, 1.807) is 6.92 Å². The molecule has 64 valence electrons. The lowest BCUT2D eigenvalue weighted by Gasteiger charge is -1.97. The van der Waals surface area contributed by atoms with Crippen LogP contribution in [0.2, 0.25) is 0 Å². The molecule has 0 saturated carbocycles. The van der Waals surface area contributed by atoms with Gasteiger partial charge in [0.15, 0.2) is 0 Å². The van der Waals surface area contributed by atoms with Crippen LogP contribution < -0.4 is 0 Å². The van der Waals surface area contributed by atoms with Gasteiger partial charge in [-0.2, -0.15) is 4.99 Å². The molecule has 0 radical (unpaired) electrons. The van der Waals surface area contributed by atoms with Crippen LogP contribution in [0.25, 0.3) is 0 Å². The second-order valence-electron chi connectivity index (χ2n) is 1.48. The average molecular weight is 178 g/mol. The van der Waals surface area contributed by atoms with Crippen molar-refractivity contribution in [3.8, 4) is 0 Å². The molecular formula is C5H8NO4S-. The molecule has 0 bridgehead atoms. The maximum Gasteiger partial charge on any atom is 0.433 e. The van der Waals surface area contributed by atoms with Crippen molar-refractivity contribution in [2.24, 2.45) is 4.99 Å². The average Bonchev–Trinajstić information content (AvgIpc) is 1.87. The van der Waals surface area contributed by atoms with Crippen molar-refractivity contribution in [2.45, 2.75) is 6.92 Å². The fraction of sp³-hybridized carbons (Fsp3) is 0.600. The number of amides is 1. The summed E-state index contributed by atoms with van der Waals surface area (Å²) >= 11 is -2.19. The Hall–Kier alpha value is -0.750. The van der Waals surface area contributed by atoms with Crippen LogP contribution in [0.15, 0.2) is 4.99 Å². The monoisotopic (exact) mass is 178 g/mol. The van der Waals surface area contributed by atoms with Gasteiger partial charge >= 0.3 is 6.09 Å². The van der Waals surface area contributed by atoms with Crippen LogP contribution in [0.3, 0.4) is 0 Å². The predicted molar refractivity (Wildman–Crippen MR) is 39.3 cm³/mol. The summed E-state index contributed by atoms with van der Waals surface area (Å²) in [6, 6.07) is 0. The maximum absolute atomic E-state index is 10.4. The molecule has 0 rings (SSSR count). The molecule has 0 aliphatic carbocycles. The number of carbonyl (C=O) groups is 1. The summed E-state index contributed by atoms with van der Waals surface area (Å²) in [5, 5.41) is 0. The van der Waals surface area contributed by atoms with Crippen LogP contribution >= 0.6 is 0 Å². The fourth-order valence-corrected chi connectivity index (χ4v) is 0.530. The van der Waals surface area contributed by atoms with Crippen LogP contribution in [0.5, 0.6) is 0 Å². The molecule has 0 spiro atoms. The lowest BCUT2D eigenvalue weighted by atomic mass is 10.8. The highest BCUT2D eigenvalue weighted by Gasteiger charge is 1.92. The first-order valence-electron chi connectivity index (χ1n) is 2.92. The SMILES string of the molecule is CCOC(=O)N=CCS(=O)[O-]. The Morgan fingerprint density at radius 3 is 2.91 bits per heavy atom. The van der Waals surface area contributed by atoms with Gasteiger partial charge in [0.05, 0.1) is 6.61 Å². The molecule has 6 heteroatoms. The van der Waals surface area contributed by atoms with Crippen molar-refractivity contribution in [2.75, 3.05) is 12.4 Å². The van der Waals surface area contributed by atoms with Gasteiger partial charge in [-0.3, -0.25) is 4.21 Å². The standard InChI is InChI=1S/C5H9NO4S/c1-2-10-5(7)6-3-4-11(8)9/h3H,2,4H2,1H3,(H,8,9)/p-1. The van der Waals surface area contributed by atoms with Gasteiger partial charge in [-0.05, 0) is 18.0 Å². The summed E-state index contributed by atoms with van der Waals surface area (Å²) in [7, 11) is 0. The molecule has 0 fully saturated rings. The molecule has 1 unspecified atom stereocenters. The Kier molecular flexibility index (Phi) is 5.58. The summed E-state index contributed by atoms with van der Waals surface area (Å²) in [6.07, 6.45) is 0.221. The van der Waals surface area contributed by atoms with Gasteiger partial charge in [0, 0.05) is 12.0 Å². The molecule has 0 N–H and O–H groups in total. The zero-order valence-corrected chi connectivity index (χ0v) is 6.80. The maximum atomic E-state index is 10.4. The van der Waals surface area contributed by atoms with Crippen molar-refractivity contribution in [1.29, 1.82) is 0 Å². The van der Waals surface area contributed by atoms with E-state index in [9.17, 15) is 13.6 Å². The van der Waals surface area contributed by atoms with Gasteiger partial charge in [-0.15, -0.1) is 0 Å². The van der Waals surface area contributed by atoms with Crippen LogP contribution in [0, 0.1) is 0 Å². The first-order valence-corrected chi connectivity index (χ1v) is 4.16. The molecule has 0 aromatic carbocycles. The molecule has 0 aliphatic rings. The second-order valence-corrected chi connectivity index (χ2v) is 2.42. The Labute approximate surface area is 66.7 Å². The molecule has 0 aliphatic heterocycles. The van der Waals surface area contributed by atoms with Gasteiger partial charge in [0.25, 0.3) is 0 Å². The number of ether oxygens (including phenoxy) is 1. The van der Waals surface area contributed by atoms with E-state index < -0.39 is 17.2 Å². The summed E-state index contributed by atoms with van der Waals surface area (Å²) < 4.78 is 24.2. The Morgan fingerprint density at radius 1 is 1.82 bits per heavy atom. The molecule has 1 atom stereocenters. The molecular weight excluding hydrogens is 170 g/mol. The number of aliphatic imine (C=N–C) groups is 1. The lowest BCUT2D eigenvalue weighted by Crippen LogP contribution is -2.01. The number of carbonyl (C=O) groups excluding carboxylic acids is 1. The van der Waals surface area contributed by atoms with Gasteiger partial charge in [0.2, 0.25) is 0 Å². The lowest BCUT2D eigenvalue weighted by molar-refractivity contribution is 0.163. The summed E-state index contributed by atoms with van der Waals surface area (Å²) in [4.78, 5) is 13.6. The largest absolute Gasteiger partial charge is 0.772 e. The summed E-state index contributed by atoms with van der Waals surface area (Å²) in [5.74, 6) is -0.265. The van der Waals surface area contributed by atoms with Gasteiger partial charge < -0.3 is 9.29 Å². The molecule has 5 nitrogen and oxygen atoms in total. The molecule has 1 amide bonds. The number of hydrogen-bond donors (Lipinski definition) is 0. The highest BCUT2D eigenvalue weighted by molar-refractivity contribution is 7.79. The quantitative estimate of drug-likeness (QED) is 0.453. The van der Waals surface area contributed by atoms with Gasteiger partial charge in [-0.1, -0.05) is 0 Å². The van der Waals surface area contributed by atoms with E-state index >= 15 is 0 Å². The minimum atomic E-state index is -2.19. The van der Waals surface area contributed by atoms with Crippen LogP contribution in [-0.4, -0.2) is 33.4 Å². The first-order chi connectivity index (χ1) is 5.16. The van der Waals surface area contributed by atoms with E-state index in [-0.39, 0.29) is 12.4 Å². The van der Waals surface area contributed by atoms with E-state index in [0.717, 1.165) is 6.21 Å². The third kappa shape index (κ3) is 7.14. The minimum absolute atomic E-state index is 0.233. The predicted octanol–water partition coefficient (Wildman–Crippen LogP) is 0.0928. The molecule has 0 saturated heterocycles. The number of nitrogens with zero attached hydrogens (tertiary/aromatic N) is 1. The fourth-order valence-electron chi connectivity index (χ4n) is 0.333. The van der Waals surface area contributed by atoms with Crippen molar-refractivity contribution >= 4 is 23.4 Å². The first kappa shape index (κ1) is 10.2. The van der Waals surface area contributed by atoms with Crippen molar-refractivity contribution in [3.05, 3.63) is 0 Å². The Bertz CT molecular complexity index is 179. The third-order valence-electron chi connectivity index (χ3n) is 0.675. The van der Waals surface area contributed by atoms with E-state index in [0.29, 0.717) is 0 Å². The normalized spacial score (nSPS) is 13.3. The van der Waals surface area contributed by atoms with E-state index in [2.05, 4.69) is 9.73 Å². The minimum Gasteiger partial charge on any atom is -0.772 e. The Morgan fingerprint density at radius 2 is 2.45 bits per heavy atom. The topological polar surface area (TPSA) is 78.8 Å². The third-order valence-corrected chi connectivity index (χ3v) is 1.10. The highest BCUT2D eigenvalue weighted by atomic mass is 32.2. The molecule has 11 heavy (non-hydrogen) atoms. The number of hydrogen-bond acceptors (Lipinski definition) is 4. The molecule has 0 heterocycles. The Balaban J connectivity index is 3.56. The van der Waals surface area contributed by atoms with Gasteiger partial charge in [-0.25, -0.2) is 4.79 Å². The zero-order valence-electron chi connectivity index (χ0n) is 5.98. The van der Waals surface area contributed by atoms with E-state index in [4.69, 9.17) is 0 Å². The van der Waals surface area contributed by atoms with Gasteiger partial charge in [0.1, 0.15) is 0 Å². The smallest absolute Gasteiger partial charge is 0.433 e. The second kappa shape index (κ2) is 5.99. The molecule has 0 aromatic rings. The summed E-state index contributed by atoms with van der Waals surface area (Å²) in [6.45, 7) is 1.87. The van der Waals surface area contributed by atoms with Crippen LogP contribution in [0.1, 0.15) is 6.92 Å². The van der Waals surface area contributed by atoms with Crippen molar-refractivity contribution in [1.82, 2.24) is 0 Å². The van der Waals surface area contributed by atoms with E-state index in [1.807, 2.05) is 0 Å². The van der Waals surface area contributed by atoms with Crippen molar-refractivity contribution < 1.29 is 18.3 Å².